The van der Waals surface area contributed by atoms with Crippen LogP contribution in [0.15, 0.2) is 24.3 Å². The normalized spacial score (nSPS) is 11.4. The number of benzene rings is 1. The van der Waals surface area contributed by atoms with E-state index in [1.54, 1.807) is 0 Å². The third kappa shape index (κ3) is 4.06. The van der Waals surface area contributed by atoms with Gasteiger partial charge in [0, 0.05) is 0 Å². The van der Waals surface area contributed by atoms with Crippen molar-refractivity contribution >= 4 is 5.97 Å². The summed E-state index contributed by atoms with van der Waals surface area (Å²) in [4.78, 5) is 12.0. The Balaban J connectivity index is 2.54. The molecule has 0 aliphatic carbocycles. The van der Waals surface area contributed by atoms with Crippen LogP contribution in [0.4, 0.5) is 0 Å². The van der Waals surface area contributed by atoms with E-state index in [0.717, 1.165) is 36.2 Å². The van der Waals surface area contributed by atoms with Crippen LogP contribution in [0.1, 0.15) is 36.7 Å². The Morgan fingerprint density at radius 2 is 1.68 bits per heavy atom. The van der Waals surface area contributed by atoms with Gasteiger partial charge in [0.25, 0.3) is 0 Å². The van der Waals surface area contributed by atoms with Gasteiger partial charge in [-0.2, -0.15) is 0 Å². The van der Waals surface area contributed by atoms with Crippen molar-refractivity contribution in [3.8, 4) is 0 Å². The minimum Gasteiger partial charge on any atom is -0.456 e. The predicted octanol–water partition coefficient (Wildman–Crippen LogP) is 3.03. The van der Waals surface area contributed by atoms with Crippen LogP contribution in [0.3, 0.4) is 0 Å². The first kappa shape index (κ1) is 15.7. The molecule has 3 nitrogen and oxygen atoms in total. The molecule has 0 radical (unpaired) electrons. The standard InChI is InChI=1S/C16H26NO2/c1-5-17(6-2,7-3)12-13-19-16(18)15-11-9-8-10-14(15)4/h8-11H,5-7,12-13H2,1-4H3/q+1. The van der Waals surface area contributed by atoms with Crippen LogP contribution in [-0.4, -0.2) is 43.2 Å². The maximum atomic E-state index is 12.0. The summed E-state index contributed by atoms with van der Waals surface area (Å²) in [5, 5.41) is 0. The van der Waals surface area contributed by atoms with E-state index in [1.807, 2.05) is 31.2 Å². The molecule has 0 saturated heterocycles. The fourth-order valence-electron chi connectivity index (χ4n) is 2.36. The van der Waals surface area contributed by atoms with Gasteiger partial charge in [-0.3, -0.25) is 0 Å². The van der Waals surface area contributed by atoms with Crippen molar-refractivity contribution in [2.75, 3.05) is 32.8 Å². The Morgan fingerprint density at radius 3 is 2.21 bits per heavy atom. The Labute approximate surface area is 116 Å². The highest BCUT2D eigenvalue weighted by Crippen LogP contribution is 2.10. The predicted molar refractivity (Wildman–Crippen MR) is 78.2 cm³/mol. The monoisotopic (exact) mass is 264 g/mol. The van der Waals surface area contributed by atoms with Crippen LogP contribution >= 0.6 is 0 Å². The van der Waals surface area contributed by atoms with Crippen molar-refractivity contribution in [2.45, 2.75) is 27.7 Å². The van der Waals surface area contributed by atoms with Crippen LogP contribution in [0.2, 0.25) is 0 Å². The van der Waals surface area contributed by atoms with Gasteiger partial charge in [-0.25, -0.2) is 4.79 Å². The minimum absolute atomic E-state index is 0.209. The number of ether oxygens (including phenoxy) is 1. The molecule has 1 aromatic rings. The second-order valence-electron chi connectivity index (χ2n) is 4.96. The van der Waals surface area contributed by atoms with E-state index in [9.17, 15) is 4.79 Å². The lowest BCUT2D eigenvalue weighted by Gasteiger charge is -2.35. The molecule has 0 aromatic heterocycles. The van der Waals surface area contributed by atoms with Gasteiger partial charge in [-0.1, -0.05) is 18.2 Å². The zero-order valence-corrected chi connectivity index (χ0v) is 12.6. The molecule has 1 aromatic carbocycles. The quantitative estimate of drug-likeness (QED) is 0.559. The lowest BCUT2D eigenvalue weighted by Crippen LogP contribution is -2.49. The maximum absolute atomic E-state index is 12.0. The third-order valence-corrected chi connectivity index (χ3v) is 4.18. The fourth-order valence-corrected chi connectivity index (χ4v) is 2.36. The summed E-state index contributed by atoms with van der Waals surface area (Å²) in [5.41, 5.74) is 1.64. The highest BCUT2D eigenvalue weighted by molar-refractivity contribution is 5.90. The van der Waals surface area contributed by atoms with Crippen molar-refractivity contribution in [2.24, 2.45) is 0 Å². The molecule has 0 N–H and O–H groups in total. The Hall–Kier alpha value is -1.35. The van der Waals surface area contributed by atoms with Crippen LogP contribution in [-0.2, 0) is 4.74 Å². The van der Waals surface area contributed by atoms with E-state index in [0.29, 0.717) is 12.2 Å². The van der Waals surface area contributed by atoms with Gasteiger partial charge in [-0.15, -0.1) is 0 Å². The highest BCUT2D eigenvalue weighted by atomic mass is 16.5. The molecule has 0 heterocycles. The van der Waals surface area contributed by atoms with Crippen molar-refractivity contribution in [1.29, 1.82) is 0 Å². The third-order valence-electron chi connectivity index (χ3n) is 4.18. The van der Waals surface area contributed by atoms with Gasteiger partial charge in [0.05, 0.1) is 25.2 Å². The molecular weight excluding hydrogens is 238 g/mol. The smallest absolute Gasteiger partial charge is 0.338 e. The summed E-state index contributed by atoms with van der Waals surface area (Å²) in [6.07, 6.45) is 0. The number of carbonyl (C=O) groups excluding carboxylic acids is 1. The number of hydrogen-bond acceptors (Lipinski definition) is 2. The summed E-state index contributed by atoms with van der Waals surface area (Å²) in [5.74, 6) is -0.209. The highest BCUT2D eigenvalue weighted by Gasteiger charge is 2.21. The average molecular weight is 264 g/mol. The molecule has 0 atom stereocenters. The van der Waals surface area contributed by atoms with Crippen molar-refractivity contribution < 1.29 is 14.0 Å². The van der Waals surface area contributed by atoms with Gasteiger partial charge in [-0.05, 0) is 39.3 Å². The summed E-state index contributed by atoms with van der Waals surface area (Å²) in [6.45, 7) is 13.1. The molecule has 3 heteroatoms. The van der Waals surface area contributed by atoms with E-state index in [4.69, 9.17) is 4.74 Å². The minimum atomic E-state index is -0.209. The summed E-state index contributed by atoms with van der Waals surface area (Å²) < 4.78 is 6.42. The van der Waals surface area contributed by atoms with E-state index < -0.39 is 0 Å². The number of aryl methyl sites for hydroxylation is 1. The molecule has 19 heavy (non-hydrogen) atoms. The van der Waals surface area contributed by atoms with Crippen molar-refractivity contribution in [3.05, 3.63) is 35.4 Å². The number of rotatable bonds is 7. The van der Waals surface area contributed by atoms with Crippen molar-refractivity contribution in [1.82, 2.24) is 0 Å². The zero-order chi connectivity index (χ0) is 14.3. The molecule has 0 bridgehead atoms. The second-order valence-corrected chi connectivity index (χ2v) is 4.96. The summed E-state index contributed by atoms with van der Waals surface area (Å²) >= 11 is 0. The van der Waals surface area contributed by atoms with E-state index in [2.05, 4.69) is 20.8 Å². The lowest BCUT2D eigenvalue weighted by atomic mass is 10.1. The molecule has 0 amide bonds. The van der Waals surface area contributed by atoms with Crippen LogP contribution in [0, 0.1) is 6.92 Å². The van der Waals surface area contributed by atoms with Gasteiger partial charge >= 0.3 is 5.97 Å². The molecule has 1 rings (SSSR count). The summed E-state index contributed by atoms with van der Waals surface area (Å²) in [6, 6.07) is 7.55. The fraction of sp³-hybridized carbons (Fsp3) is 0.562. The van der Waals surface area contributed by atoms with Crippen LogP contribution in [0.5, 0.6) is 0 Å². The van der Waals surface area contributed by atoms with E-state index in [1.165, 1.54) is 0 Å². The first-order valence-corrected chi connectivity index (χ1v) is 7.16. The van der Waals surface area contributed by atoms with E-state index in [-0.39, 0.29) is 5.97 Å². The molecular formula is C16H26NO2+. The Bertz CT molecular complexity index is 403. The molecule has 0 aliphatic heterocycles. The van der Waals surface area contributed by atoms with Gasteiger partial charge < -0.3 is 9.22 Å². The first-order valence-electron chi connectivity index (χ1n) is 7.16. The zero-order valence-electron chi connectivity index (χ0n) is 12.6. The number of likely N-dealkylation sites (N-methyl/N-ethyl adjacent to an activating group) is 1. The topological polar surface area (TPSA) is 26.3 Å². The van der Waals surface area contributed by atoms with Gasteiger partial charge in [0.15, 0.2) is 0 Å². The van der Waals surface area contributed by atoms with Crippen molar-refractivity contribution in [3.63, 3.8) is 0 Å². The molecule has 106 valence electrons. The largest absolute Gasteiger partial charge is 0.456 e. The number of nitrogens with zero attached hydrogens (tertiary/aromatic N) is 1. The molecule has 0 fully saturated rings. The number of carbonyl (C=O) groups is 1. The lowest BCUT2D eigenvalue weighted by molar-refractivity contribution is -0.923. The van der Waals surface area contributed by atoms with Gasteiger partial charge in [0.2, 0.25) is 0 Å². The molecule has 0 unspecified atom stereocenters. The Morgan fingerprint density at radius 1 is 1.11 bits per heavy atom. The van der Waals surface area contributed by atoms with Crippen LogP contribution in [0.25, 0.3) is 0 Å². The number of hydrogen-bond donors (Lipinski definition) is 0. The SMILES string of the molecule is CC[N+](CC)(CC)CCOC(=O)c1ccccc1C. The van der Waals surface area contributed by atoms with Gasteiger partial charge in [0.1, 0.15) is 13.2 Å². The second kappa shape index (κ2) is 7.29. The Kier molecular flexibility index (Phi) is 6.03. The van der Waals surface area contributed by atoms with Crippen LogP contribution < -0.4 is 0 Å². The summed E-state index contributed by atoms with van der Waals surface area (Å²) in [7, 11) is 0. The molecule has 0 saturated carbocycles. The maximum Gasteiger partial charge on any atom is 0.338 e. The number of esters is 1. The molecule has 0 spiro atoms. The first-order chi connectivity index (χ1) is 9.08. The van der Waals surface area contributed by atoms with E-state index >= 15 is 0 Å². The molecule has 0 aliphatic rings. The number of quaternary nitrogens is 1. The average Bonchev–Trinajstić information content (AvgIpc) is 2.44.